The van der Waals surface area contributed by atoms with Gasteiger partial charge in [-0.3, -0.25) is 4.98 Å². The Hall–Kier alpha value is -3.06. The van der Waals surface area contributed by atoms with E-state index in [4.69, 9.17) is 40.2 Å². The van der Waals surface area contributed by atoms with Crippen LogP contribution in [0.3, 0.4) is 0 Å². The molecular formula is C27H24Cl2N4OS. The van der Waals surface area contributed by atoms with E-state index in [9.17, 15) is 0 Å². The molecule has 0 saturated carbocycles. The number of aromatic nitrogens is 2. The number of nitrogens with zero attached hydrogens (tertiary/aromatic N) is 3. The smallest absolute Gasteiger partial charge is 0.174 e. The molecule has 0 bridgehead atoms. The summed E-state index contributed by atoms with van der Waals surface area (Å²) in [5.74, 6) is 0.792. The first-order valence-corrected chi connectivity index (χ1v) is 12.3. The molecule has 1 saturated heterocycles. The van der Waals surface area contributed by atoms with Crippen LogP contribution in [0.15, 0.2) is 72.9 Å². The predicted molar refractivity (Wildman–Crippen MR) is 146 cm³/mol. The minimum atomic E-state index is -0.138. The van der Waals surface area contributed by atoms with Crippen molar-refractivity contribution in [3.05, 3.63) is 106 Å². The van der Waals surface area contributed by atoms with Crippen LogP contribution < -0.4 is 15.0 Å². The van der Waals surface area contributed by atoms with Crippen molar-refractivity contribution in [2.45, 2.75) is 25.9 Å². The second-order valence-corrected chi connectivity index (χ2v) is 9.68. The molecule has 35 heavy (non-hydrogen) atoms. The first-order valence-electron chi connectivity index (χ1n) is 11.2. The summed E-state index contributed by atoms with van der Waals surface area (Å²) in [6.45, 7) is 4.19. The van der Waals surface area contributed by atoms with Gasteiger partial charge in [-0.1, -0.05) is 29.3 Å². The molecule has 178 valence electrons. The lowest BCUT2D eigenvalue weighted by atomic mass is 9.96. The molecule has 3 heterocycles. The summed E-state index contributed by atoms with van der Waals surface area (Å²) in [5.41, 5.74) is 6.05. The van der Waals surface area contributed by atoms with E-state index in [2.05, 4.69) is 39.7 Å². The fourth-order valence-electron chi connectivity index (χ4n) is 4.81. The van der Waals surface area contributed by atoms with Crippen LogP contribution in [-0.2, 0) is 0 Å². The van der Waals surface area contributed by atoms with E-state index in [1.54, 1.807) is 13.2 Å². The number of rotatable bonds is 5. The van der Waals surface area contributed by atoms with Gasteiger partial charge in [0.05, 0.1) is 35.6 Å². The maximum Gasteiger partial charge on any atom is 0.174 e. The summed E-state index contributed by atoms with van der Waals surface area (Å²) in [7, 11) is 1.66. The number of methoxy groups -OCH3 is 1. The molecule has 5 nitrogen and oxygen atoms in total. The van der Waals surface area contributed by atoms with E-state index in [0.717, 1.165) is 39.8 Å². The minimum absolute atomic E-state index is 0.128. The van der Waals surface area contributed by atoms with Crippen molar-refractivity contribution in [1.82, 2.24) is 14.9 Å². The van der Waals surface area contributed by atoms with E-state index < -0.39 is 0 Å². The first-order chi connectivity index (χ1) is 16.9. The highest BCUT2D eigenvalue weighted by molar-refractivity contribution is 7.80. The summed E-state index contributed by atoms with van der Waals surface area (Å²) in [6, 6.07) is 21.4. The maximum absolute atomic E-state index is 6.61. The molecule has 2 aromatic heterocycles. The highest BCUT2D eigenvalue weighted by atomic mass is 35.5. The zero-order valence-corrected chi connectivity index (χ0v) is 21.8. The second kappa shape index (κ2) is 9.53. The number of anilines is 1. The number of ether oxygens (including phenoxy) is 1. The molecule has 8 heteroatoms. The number of aryl methyl sites for hydroxylation is 1. The summed E-state index contributed by atoms with van der Waals surface area (Å²) in [4.78, 5) is 6.81. The Morgan fingerprint density at radius 3 is 2.43 bits per heavy atom. The lowest BCUT2D eigenvalue weighted by Gasteiger charge is -2.28. The van der Waals surface area contributed by atoms with Gasteiger partial charge in [0.25, 0.3) is 0 Å². The highest BCUT2D eigenvalue weighted by Gasteiger charge is 2.42. The van der Waals surface area contributed by atoms with Crippen molar-refractivity contribution in [3.8, 4) is 11.4 Å². The number of pyridine rings is 1. The Morgan fingerprint density at radius 2 is 1.77 bits per heavy atom. The van der Waals surface area contributed by atoms with Crippen LogP contribution in [0, 0.1) is 13.8 Å². The van der Waals surface area contributed by atoms with Crippen molar-refractivity contribution < 1.29 is 4.74 Å². The summed E-state index contributed by atoms with van der Waals surface area (Å²) < 4.78 is 7.53. The standard InChI is InChI=1S/C27H24Cl2N4OS/c1-16-14-21(17(2)32(16)24-12-7-18(28)15-22(24)29)26-25(23-6-4-5-13-30-23)31-27(35)33(26)19-8-10-20(34-3)11-9-19/h4-15,25-26H,1-3H3,(H,31,35). The minimum Gasteiger partial charge on any atom is -0.497 e. The quantitative estimate of drug-likeness (QED) is 0.286. The molecule has 2 unspecified atom stereocenters. The van der Waals surface area contributed by atoms with Gasteiger partial charge in [0, 0.05) is 28.3 Å². The van der Waals surface area contributed by atoms with Gasteiger partial charge in [0.2, 0.25) is 0 Å². The van der Waals surface area contributed by atoms with Gasteiger partial charge in [0.15, 0.2) is 5.11 Å². The van der Waals surface area contributed by atoms with Gasteiger partial charge in [-0.2, -0.15) is 0 Å². The number of thiocarbonyl (C=S) groups is 1. The molecule has 4 aromatic rings. The van der Waals surface area contributed by atoms with Crippen LogP contribution in [0.25, 0.3) is 5.69 Å². The number of halogens is 2. The van der Waals surface area contributed by atoms with Crippen molar-refractivity contribution in [3.63, 3.8) is 0 Å². The average Bonchev–Trinajstić information content (AvgIpc) is 3.35. The van der Waals surface area contributed by atoms with Gasteiger partial charge in [-0.25, -0.2) is 0 Å². The molecule has 1 fully saturated rings. The zero-order valence-electron chi connectivity index (χ0n) is 19.5. The van der Waals surface area contributed by atoms with E-state index in [0.29, 0.717) is 15.2 Å². The molecule has 1 aliphatic heterocycles. The Bertz CT molecular complexity index is 1390. The fraction of sp³-hybridized carbons (Fsp3) is 0.185. The molecule has 1 N–H and O–H groups in total. The van der Waals surface area contributed by atoms with E-state index in [1.165, 1.54) is 0 Å². The number of benzene rings is 2. The Balaban J connectivity index is 1.67. The molecule has 2 atom stereocenters. The van der Waals surface area contributed by atoms with Crippen molar-refractivity contribution in [1.29, 1.82) is 0 Å². The van der Waals surface area contributed by atoms with Gasteiger partial charge in [0.1, 0.15) is 5.75 Å². The topological polar surface area (TPSA) is 42.3 Å². The van der Waals surface area contributed by atoms with E-state index in [-0.39, 0.29) is 12.1 Å². The first kappa shape index (κ1) is 23.7. The molecular weight excluding hydrogens is 499 g/mol. The van der Waals surface area contributed by atoms with Crippen LogP contribution in [0.1, 0.15) is 34.7 Å². The van der Waals surface area contributed by atoms with Gasteiger partial charge in [-0.15, -0.1) is 0 Å². The second-order valence-electron chi connectivity index (χ2n) is 8.45. The zero-order chi connectivity index (χ0) is 24.7. The van der Waals surface area contributed by atoms with Crippen LogP contribution >= 0.6 is 35.4 Å². The fourth-order valence-corrected chi connectivity index (χ4v) is 5.65. The Morgan fingerprint density at radius 1 is 1.00 bits per heavy atom. The third kappa shape index (κ3) is 4.27. The van der Waals surface area contributed by atoms with Gasteiger partial charge in [-0.05, 0) is 92.3 Å². The van der Waals surface area contributed by atoms with Gasteiger partial charge >= 0.3 is 0 Å². The molecule has 0 amide bonds. The largest absolute Gasteiger partial charge is 0.497 e. The molecule has 5 rings (SSSR count). The van der Waals surface area contributed by atoms with Crippen molar-refractivity contribution in [2.24, 2.45) is 0 Å². The van der Waals surface area contributed by atoms with Crippen LogP contribution in [0.5, 0.6) is 5.75 Å². The van der Waals surface area contributed by atoms with Crippen molar-refractivity contribution >= 4 is 46.2 Å². The molecule has 1 aliphatic rings. The molecule has 0 spiro atoms. The van der Waals surface area contributed by atoms with E-state index >= 15 is 0 Å². The lowest BCUT2D eigenvalue weighted by molar-refractivity contribution is 0.415. The summed E-state index contributed by atoms with van der Waals surface area (Å²) >= 11 is 18.6. The molecule has 0 radical (unpaired) electrons. The number of hydrogen-bond acceptors (Lipinski definition) is 3. The average molecular weight is 523 g/mol. The monoisotopic (exact) mass is 522 g/mol. The highest BCUT2D eigenvalue weighted by Crippen LogP contribution is 2.44. The normalized spacial score (nSPS) is 17.5. The van der Waals surface area contributed by atoms with Crippen molar-refractivity contribution in [2.75, 3.05) is 12.0 Å². The molecule has 2 aromatic carbocycles. The van der Waals surface area contributed by atoms with Crippen LogP contribution in [-0.4, -0.2) is 21.8 Å². The third-order valence-electron chi connectivity index (χ3n) is 6.39. The Kier molecular flexibility index (Phi) is 6.45. The van der Waals surface area contributed by atoms with Gasteiger partial charge < -0.3 is 19.5 Å². The third-order valence-corrected chi connectivity index (χ3v) is 7.24. The number of nitrogens with one attached hydrogen (secondary N) is 1. The molecule has 0 aliphatic carbocycles. The predicted octanol–water partition coefficient (Wildman–Crippen LogP) is 6.98. The van der Waals surface area contributed by atoms with E-state index in [1.807, 2.05) is 60.8 Å². The van der Waals surface area contributed by atoms with Crippen LogP contribution in [0.2, 0.25) is 10.0 Å². The Labute approximate surface area is 220 Å². The van der Waals surface area contributed by atoms with Crippen LogP contribution in [0.4, 0.5) is 5.69 Å². The maximum atomic E-state index is 6.61. The summed E-state index contributed by atoms with van der Waals surface area (Å²) in [6.07, 6.45) is 1.81. The number of hydrogen-bond donors (Lipinski definition) is 1. The summed E-state index contributed by atoms with van der Waals surface area (Å²) in [5, 5.41) is 5.37. The SMILES string of the molecule is COc1ccc(N2C(=S)NC(c3ccccn3)C2c2cc(C)n(-c3ccc(Cl)cc3Cl)c2C)cc1. The lowest BCUT2D eigenvalue weighted by Crippen LogP contribution is -2.29.